The van der Waals surface area contributed by atoms with Crippen molar-refractivity contribution in [1.29, 1.82) is 0 Å². The number of hydrogen-bond acceptors (Lipinski definition) is 4. The maximum atomic E-state index is 12.4. The number of aromatic nitrogens is 1. The van der Waals surface area contributed by atoms with E-state index in [9.17, 15) is 8.78 Å². The van der Waals surface area contributed by atoms with Crippen LogP contribution in [0.25, 0.3) is 0 Å². The first kappa shape index (κ1) is 20.6. The number of hydrogen-bond donors (Lipinski definition) is 2. The van der Waals surface area contributed by atoms with Gasteiger partial charge in [0.1, 0.15) is 10.8 Å². The first-order valence-electron chi connectivity index (χ1n) is 6.97. The van der Waals surface area contributed by atoms with Gasteiger partial charge in [0, 0.05) is 30.2 Å². The van der Waals surface area contributed by atoms with Crippen molar-refractivity contribution in [3.63, 3.8) is 0 Å². The first-order valence-corrected chi connectivity index (χ1v) is 7.78. The van der Waals surface area contributed by atoms with Crippen molar-refractivity contribution in [2.45, 2.75) is 26.6 Å². The minimum Gasteiger partial charge on any atom is -0.434 e. The fraction of sp³-hybridized carbons (Fsp3) is 0.333. The van der Waals surface area contributed by atoms with Gasteiger partial charge in [-0.2, -0.15) is 8.78 Å². The maximum Gasteiger partial charge on any atom is 0.387 e. The summed E-state index contributed by atoms with van der Waals surface area (Å²) in [6, 6.07) is 6.66. The number of nitrogens with zero attached hydrogens (tertiary/aromatic N) is 2. The molecule has 0 aliphatic rings. The Kier molecular flexibility index (Phi) is 8.90. The van der Waals surface area contributed by atoms with Crippen molar-refractivity contribution in [3.8, 4) is 5.75 Å². The number of para-hydroxylation sites is 1. The van der Waals surface area contributed by atoms with Crippen LogP contribution in [-0.4, -0.2) is 24.6 Å². The highest BCUT2D eigenvalue weighted by atomic mass is 127. The van der Waals surface area contributed by atoms with Crippen LogP contribution in [0.3, 0.4) is 0 Å². The zero-order valence-corrected chi connectivity index (χ0v) is 16.4. The molecular formula is C15H19F2IN4OS. The number of nitrogens with one attached hydrogen (secondary N) is 2. The molecule has 0 unspecified atom stereocenters. The smallest absolute Gasteiger partial charge is 0.387 e. The molecule has 0 amide bonds. The molecule has 5 nitrogen and oxygen atoms in total. The number of aryl methyl sites for hydroxylation is 1. The molecule has 132 valence electrons. The molecule has 0 fully saturated rings. The zero-order chi connectivity index (χ0) is 16.7. The molecular weight excluding hydrogens is 449 g/mol. The second-order valence-corrected chi connectivity index (χ2v) is 5.95. The van der Waals surface area contributed by atoms with E-state index < -0.39 is 6.61 Å². The summed E-state index contributed by atoms with van der Waals surface area (Å²) < 4.78 is 29.3. The summed E-state index contributed by atoms with van der Waals surface area (Å²) in [4.78, 5) is 9.50. The summed E-state index contributed by atoms with van der Waals surface area (Å²) in [7, 11) is 1.64. The number of guanidine groups is 1. The van der Waals surface area contributed by atoms with Crippen molar-refractivity contribution in [2.24, 2.45) is 4.99 Å². The Balaban J connectivity index is 0.00000288. The number of aliphatic imine (C=N–C) groups is 1. The average Bonchev–Trinajstić information content (AvgIpc) is 2.94. The van der Waals surface area contributed by atoms with E-state index in [2.05, 4.69) is 25.3 Å². The van der Waals surface area contributed by atoms with Crippen LogP contribution in [0.1, 0.15) is 15.4 Å². The van der Waals surface area contributed by atoms with Crippen LogP contribution in [0.15, 0.2) is 35.5 Å². The van der Waals surface area contributed by atoms with E-state index in [1.165, 1.54) is 6.07 Å². The van der Waals surface area contributed by atoms with Gasteiger partial charge < -0.3 is 15.4 Å². The summed E-state index contributed by atoms with van der Waals surface area (Å²) >= 11 is 1.60. The molecule has 1 heterocycles. The SMILES string of the molecule is CN=C(NCc1ncc(C)s1)NCc1ccccc1OC(F)F.I. The third-order valence-electron chi connectivity index (χ3n) is 2.93. The van der Waals surface area contributed by atoms with Crippen LogP contribution < -0.4 is 15.4 Å². The van der Waals surface area contributed by atoms with Gasteiger partial charge >= 0.3 is 6.61 Å². The first-order chi connectivity index (χ1) is 11.1. The summed E-state index contributed by atoms with van der Waals surface area (Å²) in [5, 5.41) is 7.15. The van der Waals surface area contributed by atoms with Gasteiger partial charge in [-0.1, -0.05) is 18.2 Å². The fourth-order valence-corrected chi connectivity index (χ4v) is 2.63. The quantitative estimate of drug-likeness (QED) is 0.387. The number of thiazole rings is 1. The van der Waals surface area contributed by atoms with Crippen LogP contribution in [0.4, 0.5) is 8.78 Å². The maximum absolute atomic E-state index is 12.4. The molecule has 0 aliphatic heterocycles. The van der Waals surface area contributed by atoms with Crippen LogP contribution in [-0.2, 0) is 13.1 Å². The van der Waals surface area contributed by atoms with Gasteiger partial charge in [0.15, 0.2) is 5.96 Å². The molecule has 1 aromatic heterocycles. The van der Waals surface area contributed by atoms with E-state index in [-0.39, 0.29) is 29.7 Å². The summed E-state index contributed by atoms with van der Waals surface area (Å²) in [5.41, 5.74) is 0.626. The fourth-order valence-electron chi connectivity index (χ4n) is 1.90. The van der Waals surface area contributed by atoms with E-state index in [4.69, 9.17) is 0 Å². The zero-order valence-electron chi connectivity index (χ0n) is 13.3. The van der Waals surface area contributed by atoms with Gasteiger partial charge in [-0.3, -0.25) is 4.99 Å². The lowest BCUT2D eigenvalue weighted by Gasteiger charge is -2.14. The van der Waals surface area contributed by atoms with Gasteiger partial charge in [-0.15, -0.1) is 35.3 Å². The molecule has 9 heteroatoms. The van der Waals surface area contributed by atoms with Crippen molar-refractivity contribution >= 4 is 41.3 Å². The molecule has 0 spiro atoms. The lowest BCUT2D eigenvalue weighted by Crippen LogP contribution is -2.36. The Hall–Kier alpha value is -1.49. The Morgan fingerprint density at radius 1 is 1.29 bits per heavy atom. The van der Waals surface area contributed by atoms with Crippen molar-refractivity contribution in [1.82, 2.24) is 15.6 Å². The number of alkyl halides is 2. The molecule has 0 aliphatic carbocycles. The molecule has 2 aromatic rings. The lowest BCUT2D eigenvalue weighted by molar-refractivity contribution is -0.0504. The minimum atomic E-state index is -2.85. The molecule has 0 saturated carbocycles. The highest BCUT2D eigenvalue weighted by molar-refractivity contribution is 14.0. The molecule has 1 aromatic carbocycles. The van der Waals surface area contributed by atoms with E-state index >= 15 is 0 Å². The van der Waals surface area contributed by atoms with Gasteiger partial charge in [-0.25, -0.2) is 4.98 Å². The molecule has 0 radical (unpaired) electrons. The van der Waals surface area contributed by atoms with Gasteiger partial charge in [0.25, 0.3) is 0 Å². The van der Waals surface area contributed by atoms with Gasteiger partial charge in [0.2, 0.25) is 0 Å². The highest BCUT2D eigenvalue weighted by Crippen LogP contribution is 2.19. The predicted molar refractivity (Wildman–Crippen MR) is 102 cm³/mol. The predicted octanol–water partition coefficient (Wildman–Crippen LogP) is 3.54. The van der Waals surface area contributed by atoms with Crippen molar-refractivity contribution in [3.05, 3.63) is 45.9 Å². The van der Waals surface area contributed by atoms with Crippen LogP contribution in [0, 0.1) is 6.92 Å². The van der Waals surface area contributed by atoms with E-state index in [1.54, 1.807) is 36.6 Å². The standard InChI is InChI=1S/C15H18F2N4OS.HI/c1-10-7-19-13(23-10)9-21-15(18-2)20-8-11-5-3-4-6-12(11)22-14(16)17;/h3-7,14H,8-9H2,1-2H3,(H2,18,20,21);1H. The van der Waals surface area contributed by atoms with E-state index in [0.717, 1.165) is 9.88 Å². The Morgan fingerprint density at radius 3 is 2.62 bits per heavy atom. The minimum absolute atomic E-state index is 0. The second-order valence-electron chi connectivity index (χ2n) is 4.63. The van der Waals surface area contributed by atoms with E-state index in [1.807, 2.05) is 13.1 Å². The van der Waals surface area contributed by atoms with Crippen molar-refractivity contribution < 1.29 is 13.5 Å². The molecule has 2 N–H and O–H groups in total. The summed E-state index contributed by atoms with van der Waals surface area (Å²) in [5.74, 6) is 0.714. The van der Waals surface area contributed by atoms with Crippen molar-refractivity contribution in [2.75, 3.05) is 7.05 Å². The normalized spacial score (nSPS) is 11.1. The monoisotopic (exact) mass is 468 g/mol. The average molecular weight is 468 g/mol. The molecule has 0 saturated heterocycles. The van der Waals surface area contributed by atoms with Gasteiger partial charge in [-0.05, 0) is 13.0 Å². The lowest BCUT2D eigenvalue weighted by atomic mass is 10.2. The topological polar surface area (TPSA) is 58.5 Å². The third kappa shape index (κ3) is 6.56. The number of ether oxygens (including phenoxy) is 1. The molecule has 24 heavy (non-hydrogen) atoms. The second kappa shape index (κ2) is 10.4. The largest absolute Gasteiger partial charge is 0.434 e. The molecule has 0 atom stereocenters. The Labute approximate surface area is 160 Å². The van der Waals surface area contributed by atoms with Crippen LogP contribution >= 0.6 is 35.3 Å². The number of rotatable bonds is 6. The van der Waals surface area contributed by atoms with E-state index in [0.29, 0.717) is 24.6 Å². The molecule has 0 bridgehead atoms. The van der Waals surface area contributed by atoms with Crippen LogP contribution in [0.2, 0.25) is 0 Å². The Bertz CT molecular complexity index is 666. The highest BCUT2D eigenvalue weighted by Gasteiger charge is 2.09. The third-order valence-corrected chi connectivity index (χ3v) is 3.85. The summed E-state index contributed by atoms with van der Waals surface area (Å²) in [6.45, 7) is 0.0165. The molecule has 2 rings (SSSR count). The van der Waals surface area contributed by atoms with Crippen LogP contribution in [0.5, 0.6) is 5.75 Å². The number of benzene rings is 1. The Morgan fingerprint density at radius 2 is 2.00 bits per heavy atom. The van der Waals surface area contributed by atoms with Gasteiger partial charge in [0.05, 0.1) is 6.54 Å². The number of halogens is 3. The summed E-state index contributed by atoms with van der Waals surface area (Å²) in [6.07, 6.45) is 1.82.